The van der Waals surface area contributed by atoms with Crippen molar-refractivity contribution >= 4 is 22.5 Å². The van der Waals surface area contributed by atoms with E-state index in [0.29, 0.717) is 22.2 Å². The first-order valence-electron chi connectivity index (χ1n) is 6.50. The van der Waals surface area contributed by atoms with Gasteiger partial charge in [0.15, 0.2) is 5.75 Å². The number of nitrogens with zero attached hydrogens (tertiary/aromatic N) is 2. The third-order valence-corrected chi connectivity index (χ3v) is 3.47. The van der Waals surface area contributed by atoms with Crippen LogP contribution in [-0.4, -0.2) is 15.1 Å². The molecule has 5 heteroatoms. The van der Waals surface area contributed by atoms with Gasteiger partial charge in [0.25, 0.3) is 0 Å². The van der Waals surface area contributed by atoms with Crippen molar-refractivity contribution in [2.24, 2.45) is 0 Å². The number of hydrogen-bond donors (Lipinski definition) is 1. The summed E-state index contributed by atoms with van der Waals surface area (Å²) in [5.74, 6) is 1.03. The number of fused-ring (bicyclic) bond motifs is 1. The molecule has 0 saturated heterocycles. The van der Waals surface area contributed by atoms with Gasteiger partial charge in [-0.25, -0.2) is 4.98 Å². The van der Waals surface area contributed by atoms with Crippen LogP contribution in [0.4, 0.5) is 0 Å². The van der Waals surface area contributed by atoms with Gasteiger partial charge in [-0.3, -0.25) is 4.98 Å². The molecule has 0 unspecified atom stereocenters. The Bertz CT molecular complexity index is 773. The molecule has 1 aromatic carbocycles. The highest BCUT2D eigenvalue weighted by Gasteiger charge is 2.09. The molecule has 106 valence electrons. The van der Waals surface area contributed by atoms with Crippen molar-refractivity contribution in [1.29, 1.82) is 0 Å². The minimum absolute atomic E-state index is 0.439. The van der Waals surface area contributed by atoms with Crippen molar-refractivity contribution < 1.29 is 9.84 Å². The van der Waals surface area contributed by atoms with Gasteiger partial charge in [-0.2, -0.15) is 0 Å². The van der Waals surface area contributed by atoms with Crippen LogP contribution in [0.5, 0.6) is 11.6 Å². The van der Waals surface area contributed by atoms with Crippen LogP contribution in [0.3, 0.4) is 0 Å². The largest absolute Gasteiger partial charge is 0.437 e. The number of hydrogen-bond acceptors (Lipinski definition) is 4. The SMILES string of the molecule is C[C@H](O)c1ccc(Oc2ccc(Cl)c3cccnc23)nc1. The quantitative estimate of drug-likeness (QED) is 0.790. The molecule has 2 heterocycles. The van der Waals surface area contributed by atoms with E-state index in [2.05, 4.69) is 9.97 Å². The van der Waals surface area contributed by atoms with Crippen LogP contribution in [0.2, 0.25) is 5.02 Å². The van der Waals surface area contributed by atoms with Gasteiger partial charge >= 0.3 is 0 Å². The minimum Gasteiger partial charge on any atom is -0.437 e. The van der Waals surface area contributed by atoms with E-state index in [-0.39, 0.29) is 0 Å². The van der Waals surface area contributed by atoms with Crippen molar-refractivity contribution in [3.63, 3.8) is 0 Å². The van der Waals surface area contributed by atoms with Crippen molar-refractivity contribution in [3.8, 4) is 11.6 Å². The van der Waals surface area contributed by atoms with Gasteiger partial charge < -0.3 is 9.84 Å². The number of ether oxygens (including phenoxy) is 1. The second-order valence-corrected chi connectivity index (χ2v) is 5.06. The number of halogens is 1. The molecule has 0 aliphatic carbocycles. The first-order valence-corrected chi connectivity index (χ1v) is 6.88. The van der Waals surface area contributed by atoms with E-state index in [9.17, 15) is 5.11 Å². The van der Waals surface area contributed by atoms with Crippen LogP contribution in [0.1, 0.15) is 18.6 Å². The summed E-state index contributed by atoms with van der Waals surface area (Å²) in [4.78, 5) is 8.49. The molecule has 2 aromatic heterocycles. The van der Waals surface area contributed by atoms with Crippen LogP contribution in [-0.2, 0) is 0 Å². The molecule has 21 heavy (non-hydrogen) atoms. The molecule has 0 amide bonds. The summed E-state index contributed by atoms with van der Waals surface area (Å²) in [6, 6.07) is 10.7. The van der Waals surface area contributed by atoms with Crippen molar-refractivity contribution in [1.82, 2.24) is 9.97 Å². The molecule has 4 nitrogen and oxygen atoms in total. The Balaban J connectivity index is 1.96. The highest BCUT2D eigenvalue weighted by Crippen LogP contribution is 2.32. The predicted octanol–water partition coefficient (Wildman–Crippen LogP) is 4.13. The Morgan fingerprint density at radius 1 is 1.14 bits per heavy atom. The fourth-order valence-corrected chi connectivity index (χ4v) is 2.22. The Kier molecular flexibility index (Phi) is 3.73. The van der Waals surface area contributed by atoms with Crippen molar-refractivity contribution in [3.05, 3.63) is 59.4 Å². The average Bonchev–Trinajstić information content (AvgIpc) is 2.51. The predicted molar refractivity (Wildman–Crippen MR) is 81.7 cm³/mol. The minimum atomic E-state index is -0.551. The monoisotopic (exact) mass is 300 g/mol. The summed E-state index contributed by atoms with van der Waals surface area (Å²) in [6.07, 6.45) is 2.73. The van der Waals surface area contributed by atoms with Gasteiger partial charge in [0, 0.05) is 23.8 Å². The third kappa shape index (κ3) is 2.82. The lowest BCUT2D eigenvalue weighted by molar-refractivity contribution is 0.198. The van der Waals surface area contributed by atoms with Gasteiger partial charge in [0.1, 0.15) is 5.52 Å². The maximum Gasteiger partial charge on any atom is 0.219 e. The fourth-order valence-electron chi connectivity index (χ4n) is 2.01. The summed E-state index contributed by atoms with van der Waals surface area (Å²) in [5, 5.41) is 10.9. The maximum absolute atomic E-state index is 9.47. The van der Waals surface area contributed by atoms with Crippen LogP contribution in [0, 0.1) is 0 Å². The first-order chi connectivity index (χ1) is 10.1. The molecule has 0 spiro atoms. The first kappa shape index (κ1) is 13.8. The Labute approximate surface area is 127 Å². The number of pyridine rings is 2. The van der Waals surface area contributed by atoms with E-state index in [1.807, 2.05) is 12.1 Å². The average molecular weight is 301 g/mol. The molecule has 0 aliphatic rings. The topological polar surface area (TPSA) is 55.2 Å². The molecule has 0 fully saturated rings. The fraction of sp³-hybridized carbons (Fsp3) is 0.125. The number of aliphatic hydroxyl groups excluding tert-OH is 1. The highest BCUT2D eigenvalue weighted by molar-refractivity contribution is 6.35. The van der Waals surface area contributed by atoms with Crippen LogP contribution in [0.25, 0.3) is 10.9 Å². The van der Waals surface area contributed by atoms with Gasteiger partial charge in [-0.15, -0.1) is 0 Å². The van der Waals surface area contributed by atoms with Crippen LogP contribution in [0.15, 0.2) is 48.8 Å². The molecule has 0 bridgehead atoms. The third-order valence-electron chi connectivity index (χ3n) is 3.14. The second-order valence-electron chi connectivity index (χ2n) is 4.65. The van der Waals surface area contributed by atoms with Gasteiger partial charge in [-0.05, 0) is 42.8 Å². The van der Waals surface area contributed by atoms with Crippen LogP contribution >= 0.6 is 11.6 Å². The molecule has 0 radical (unpaired) electrons. The summed E-state index contributed by atoms with van der Waals surface area (Å²) in [7, 11) is 0. The van der Waals surface area contributed by atoms with E-state index < -0.39 is 6.10 Å². The zero-order valence-electron chi connectivity index (χ0n) is 11.3. The standard InChI is InChI=1S/C16H13ClN2O2/c1-10(20)11-4-7-15(19-9-11)21-14-6-5-13(17)12-3-2-8-18-16(12)14/h2-10,20H,1H3/t10-/m0/s1. The summed E-state index contributed by atoms with van der Waals surface area (Å²) in [5.41, 5.74) is 1.42. The lowest BCUT2D eigenvalue weighted by Gasteiger charge is -2.09. The molecule has 3 aromatic rings. The van der Waals surface area contributed by atoms with E-state index in [1.54, 1.807) is 43.6 Å². The lowest BCUT2D eigenvalue weighted by atomic mass is 10.2. The number of rotatable bonds is 3. The summed E-state index contributed by atoms with van der Waals surface area (Å²) < 4.78 is 5.77. The van der Waals surface area contributed by atoms with E-state index in [4.69, 9.17) is 16.3 Å². The Hall–Kier alpha value is -2.17. The zero-order chi connectivity index (χ0) is 14.8. The second kappa shape index (κ2) is 5.68. The van der Waals surface area contributed by atoms with Crippen molar-refractivity contribution in [2.45, 2.75) is 13.0 Å². The van der Waals surface area contributed by atoms with E-state index >= 15 is 0 Å². The molecule has 0 saturated carbocycles. The maximum atomic E-state index is 9.47. The van der Waals surface area contributed by atoms with Gasteiger partial charge in [0.2, 0.25) is 5.88 Å². The van der Waals surface area contributed by atoms with Gasteiger partial charge in [0.05, 0.1) is 11.1 Å². The van der Waals surface area contributed by atoms with Crippen LogP contribution < -0.4 is 4.74 Å². The number of aliphatic hydroxyl groups is 1. The molecular formula is C16H13ClN2O2. The number of benzene rings is 1. The molecular weight excluding hydrogens is 288 g/mol. The normalized spacial score (nSPS) is 12.3. The van der Waals surface area contributed by atoms with Crippen molar-refractivity contribution in [2.75, 3.05) is 0 Å². The van der Waals surface area contributed by atoms with E-state index in [1.165, 1.54) is 0 Å². The highest BCUT2D eigenvalue weighted by atomic mass is 35.5. The smallest absolute Gasteiger partial charge is 0.219 e. The zero-order valence-corrected chi connectivity index (χ0v) is 12.1. The molecule has 1 N–H and O–H groups in total. The van der Waals surface area contributed by atoms with E-state index in [0.717, 1.165) is 10.9 Å². The molecule has 0 aliphatic heterocycles. The Morgan fingerprint density at radius 2 is 2.00 bits per heavy atom. The summed E-state index contributed by atoms with van der Waals surface area (Å²) >= 11 is 6.15. The number of aromatic nitrogens is 2. The Morgan fingerprint density at radius 3 is 2.71 bits per heavy atom. The lowest BCUT2D eigenvalue weighted by Crippen LogP contribution is -1.94. The summed E-state index contributed by atoms with van der Waals surface area (Å²) in [6.45, 7) is 1.69. The molecule has 1 atom stereocenters. The van der Waals surface area contributed by atoms with Gasteiger partial charge in [-0.1, -0.05) is 11.6 Å². The molecule has 3 rings (SSSR count).